The molecule has 198 valence electrons. The zero-order valence-electron chi connectivity index (χ0n) is 21.3. The molecular weight excluding hydrogens is 492 g/mol. The fourth-order valence-electron chi connectivity index (χ4n) is 5.26. The van der Waals surface area contributed by atoms with Gasteiger partial charge < -0.3 is 20.1 Å². The summed E-state index contributed by atoms with van der Waals surface area (Å²) in [6.45, 7) is 4.65. The summed E-state index contributed by atoms with van der Waals surface area (Å²) < 4.78 is 12.5. The molecular formula is C26H28N6O6. The largest absolute Gasteiger partial charge is 0.486 e. The number of hydrogen-bond acceptors (Lipinski definition) is 9. The van der Waals surface area contributed by atoms with Crippen LogP contribution in [-0.2, 0) is 32.3 Å². The molecule has 1 aromatic carbocycles. The van der Waals surface area contributed by atoms with Gasteiger partial charge in [0.15, 0.2) is 11.6 Å². The molecule has 2 aliphatic rings. The Morgan fingerprint density at radius 1 is 1.18 bits per heavy atom. The Kier molecular flexibility index (Phi) is 6.33. The smallest absolute Gasteiger partial charge is 0.329 e. The van der Waals surface area contributed by atoms with E-state index >= 15 is 0 Å². The minimum atomic E-state index is -1.20. The van der Waals surface area contributed by atoms with E-state index in [2.05, 4.69) is 15.1 Å². The number of primary amides is 1. The van der Waals surface area contributed by atoms with Crippen molar-refractivity contribution in [2.75, 3.05) is 0 Å². The van der Waals surface area contributed by atoms with Gasteiger partial charge in [0.05, 0.1) is 11.6 Å². The van der Waals surface area contributed by atoms with Crippen LogP contribution >= 0.6 is 0 Å². The summed E-state index contributed by atoms with van der Waals surface area (Å²) in [6.07, 6.45) is 3.57. The van der Waals surface area contributed by atoms with Crippen molar-refractivity contribution in [1.82, 2.24) is 24.6 Å². The average Bonchev–Trinajstić information content (AvgIpc) is 3.33. The highest BCUT2D eigenvalue weighted by atomic mass is 16.5. The number of rotatable bonds is 9. The van der Waals surface area contributed by atoms with Crippen molar-refractivity contribution in [3.63, 3.8) is 0 Å². The van der Waals surface area contributed by atoms with E-state index in [1.54, 1.807) is 50.5 Å². The third-order valence-electron chi connectivity index (χ3n) is 6.97. The number of ketones is 1. The first-order valence-corrected chi connectivity index (χ1v) is 12.3. The number of piperidine rings is 1. The number of nitrogens with two attached hydrogens (primary N) is 1. The van der Waals surface area contributed by atoms with Crippen molar-refractivity contribution in [3.05, 3.63) is 48.2 Å². The first kappa shape index (κ1) is 25.3. The number of esters is 1. The summed E-state index contributed by atoms with van der Waals surface area (Å²) in [4.78, 5) is 60.8. The van der Waals surface area contributed by atoms with Gasteiger partial charge in [0.2, 0.25) is 11.8 Å². The van der Waals surface area contributed by atoms with Crippen molar-refractivity contribution >= 4 is 34.5 Å². The van der Waals surface area contributed by atoms with E-state index < -0.39 is 29.4 Å². The number of nitrogens with zero attached hydrogens (tertiary/aromatic N) is 5. The van der Waals surface area contributed by atoms with Crippen molar-refractivity contribution in [1.29, 1.82) is 0 Å². The fourth-order valence-corrected chi connectivity index (χ4v) is 5.26. The second-order valence-electron chi connectivity index (χ2n) is 9.89. The summed E-state index contributed by atoms with van der Waals surface area (Å²) in [5.74, 6) is -1.23. The number of likely N-dealkylation sites (tertiary alicyclic amines) is 1. The van der Waals surface area contributed by atoms with Crippen LogP contribution in [0.4, 0.5) is 0 Å². The lowest BCUT2D eigenvalue weighted by Crippen LogP contribution is -2.55. The Morgan fingerprint density at radius 2 is 1.92 bits per heavy atom. The fraction of sp³-hybridized carbons (Fsp3) is 0.423. The molecule has 0 spiro atoms. The summed E-state index contributed by atoms with van der Waals surface area (Å²) in [5.41, 5.74) is 5.19. The zero-order valence-corrected chi connectivity index (χ0v) is 21.3. The molecule has 1 saturated heterocycles. The Labute approximate surface area is 218 Å². The first-order chi connectivity index (χ1) is 18.1. The minimum absolute atomic E-state index is 0.133. The molecule has 2 N–H and O–H groups in total. The second kappa shape index (κ2) is 9.51. The number of fused-ring (bicyclic) bond motifs is 2. The predicted molar refractivity (Wildman–Crippen MR) is 133 cm³/mol. The summed E-state index contributed by atoms with van der Waals surface area (Å²) in [6, 6.07) is 5.85. The van der Waals surface area contributed by atoms with Crippen LogP contribution in [0.2, 0.25) is 0 Å². The highest BCUT2D eigenvalue weighted by molar-refractivity contribution is 6.05. The monoisotopic (exact) mass is 520 g/mol. The highest BCUT2D eigenvalue weighted by Crippen LogP contribution is 2.58. The van der Waals surface area contributed by atoms with E-state index in [0.717, 1.165) is 0 Å². The van der Waals surface area contributed by atoms with Crippen LogP contribution in [0.25, 0.3) is 10.9 Å². The third kappa shape index (κ3) is 4.35. The van der Waals surface area contributed by atoms with Crippen molar-refractivity contribution in [2.45, 2.75) is 64.4 Å². The van der Waals surface area contributed by atoms with Crippen molar-refractivity contribution in [3.8, 4) is 5.75 Å². The maximum atomic E-state index is 13.6. The standard InChI is InChI=1S/C26H28N6O6/c1-14(2)38-24(35)20-9-16-11-26(16,25(27)36)32(20)22(34)12-31-19-6-5-17(10-18(19)23(30-31)15(3)33)37-13-21-28-7-4-8-29-21/h4-8,10,14,16,20H,9,11-13H2,1-3H3,(H2,27,36)/t16-,20+,26-/m1/s1. The molecule has 2 amide bonds. The van der Waals surface area contributed by atoms with E-state index in [0.29, 0.717) is 35.3 Å². The van der Waals surface area contributed by atoms with E-state index in [9.17, 15) is 19.2 Å². The second-order valence-corrected chi connectivity index (χ2v) is 9.89. The van der Waals surface area contributed by atoms with Gasteiger partial charge in [0.25, 0.3) is 0 Å². The average molecular weight is 521 g/mol. The van der Waals surface area contributed by atoms with Gasteiger partial charge in [-0.2, -0.15) is 5.10 Å². The number of aromatic nitrogens is 4. The van der Waals surface area contributed by atoms with Crippen LogP contribution in [0.15, 0.2) is 36.7 Å². The van der Waals surface area contributed by atoms with Gasteiger partial charge in [-0.3, -0.25) is 19.1 Å². The molecule has 12 heteroatoms. The summed E-state index contributed by atoms with van der Waals surface area (Å²) in [7, 11) is 0. The number of benzene rings is 1. The zero-order chi connectivity index (χ0) is 27.2. The Morgan fingerprint density at radius 3 is 2.58 bits per heavy atom. The lowest BCUT2D eigenvalue weighted by Gasteiger charge is -2.31. The molecule has 2 fully saturated rings. The van der Waals surface area contributed by atoms with Gasteiger partial charge in [0.1, 0.15) is 36.2 Å². The van der Waals surface area contributed by atoms with Gasteiger partial charge in [-0.25, -0.2) is 14.8 Å². The molecule has 5 rings (SSSR count). The maximum Gasteiger partial charge on any atom is 0.329 e. The Balaban J connectivity index is 1.43. The van der Waals surface area contributed by atoms with Crippen LogP contribution in [0.3, 0.4) is 0 Å². The van der Waals surface area contributed by atoms with Crippen LogP contribution in [0.5, 0.6) is 5.75 Å². The molecule has 2 aromatic heterocycles. The number of amides is 2. The molecule has 1 saturated carbocycles. The molecule has 3 heterocycles. The minimum Gasteiger partial charge on any atom is -0.486 e. The predicted octanol–water partition coefficient (Wildman–Crippen LogP) is 1.40. The Bertz CT molecular complexity index is 1440. The SMILES string of the molecule is CC(=O)c1nn(CC(=O)N2[C@H](C(=O)OC(C)C)C[C@@H]3C[C@]32C(N)=O)c2ccc(OCc3ncccn3)cc12. The molecule has 1 aliphatic carbocycles. The molecule has 3 atom stereocenters. The third-order valence-corrected chi connectivity index (χ3v) is 6.97. The summed E-state index contributed by atoms with van der Waals surface area (Å²) >= 11 is 0. The molecule has 38 heavy (non-hydrogen) atoms. The van der Waals surface area contributed by atoms with E-state index in [-0.39, 0.29) is 36.7 Å². The van der Waals surface area contributed by atoms with Crippen LogP contribution in [0, 0.1) is 5.92 Å². The van der Waals surface area contributed by atoms with Crippen LogP contribution < -0.4 is 10.5 Å². The molecule has 12 nitrogen and oxygen atoms in total. The van der Waals surface area contributed by atoms with Crippen LogP contribution in [-0.4, -0.2) is 65.9 Å². The normalized spacial score (nSPS) is 21.8. The molecule has 1 aliphatic heterocycles. The van der Waals surface area contributed by atoms with E-state index in [1.165, 1.54) is 16.5 Å². The van der Waals surface area contributed by atoms with Crippen LogP contribution in [0.1, 0.15) is 49.9 Å². The van der Waals surface area contributed by atoms with Crippen molar-refractivity contribution < 1.29 is 28.7 Å². The number of hydrogen-bond donors (Lipinski definition) is 1. The van der Waals surface area contributed by atoms with Crippen molar-refractivity contribution in [2.24, 2.45) is 11.7 Å². The first-order valence-electron chi connectivity index (χ1n) is 12.3. The van der Waals surface area contributed by atoms with Gasteiger partial charge in [-0.15, -0.1) is 0 Å². The maximum absolute atomic E-state index is 13.6. The quantitative estimate of drug-likeness (QED) is 0.325. The van der Waals surface area contributed by atoms with Gasteiger partial charge in [0, 0.05) is 24.7 Å². The number of carbonyl (C=O) groups excluding carboxylic acids is 4. The molecule has 3 aromatic rings. The number of ether oxygens (including phenoxy) is 2. The highest BCUT2D eigenvalue weighted by Gasteiger charge is 2.72. The van der Waals surface area contributed by atoms with Gasteiger partial charge in [-0.05, 0) is 56.9 Å². The number of Topliss-reactive ketones (excluding diaryl/α,β-unsaturated/α-hetero) is 1. The van der Waals surface area contributed by atoms with E-state index in [4.69, 9.17) is 15.2 Å². The molecule has 0 radical (unpaired) electrons. The lowest BCUT2D eigenvalue weighted by molar-refractivity contribution is -0.160. The Hall–Kier alpha value is -4.35. The van der Waals surface area contributed by atoms with Gasteiger partial charge >= 0.3 is 5.97 Å². The number of carbonyl (C=O) groups is 4. The summed E-state index contributed by atoms with van der Waals surface area (Å²) in [5, 5.41) is 4.89. The topological polar surface area (TPSA) is 160 Å². The molecule has 0 unspecified atom stereocenters. The van der Waals surface area contributed by atoms with Gasteiger partial charge in [-0.1, -0.05) is 0 Å². The molecule has 0 bridgehead atoms. The van der Waals surface area contributed by atoms with E-state index in [1.807, 2.05) is 0 Å². The lowest BCUT2D eigenvalue weighted by atomic mass is 10.1.